The molecule has 0 aliphatic carbocycles. The zero-order valence-electron chi connectivity index (χ0n) is 12.4. The lowest BCUT2D eigenvalue weighted by Crippen LogP contribution is -2.10. The second-order valence-corrected chi connectivity index (χ2v) is 5.61. The molecule has 7 heteroatoms. The van der Waals surface area contributed by atoms with E-state index in [1.54, 1.807) is 6.07 Å². The highest BCUT2D eigenvalue weighted by Gasteiger charge is 2.06. The number of H-pyrrole nitrogens is 1. The third kappa shape index (κ3) is 4.56. The Bertz CT molecular complexity index is 671. The van der Waals surface area contributed by atoms with E-state index in [1.165, 1.54) is 11.8 Å². The van der Waals surface area contributed by atoms with Gasteiger partial charge in [0.05, 0.1) is 5.75 Å². The van der Waals surface area contributed by atoms with Gasteiger partial charge in [-0.25, -0.2) is 15.0 Å². The van der Waals surface area contributed by atoms with Gasteiger partial charge in [-0.3, -0.25) is 4.79 Å². The van der Waals surface area contributed by atoms with E-state index in [2.05, 4.69) is 32.2 Å². The minimum atomic E-state index is -0.114. The molecule has 0 saturated heterocycles. The summed E-state index contributed by atoms with van der Waals surface area (Å²) in [5, 5.41) is 3.62. The van der Waals surface area contributed by atoms with E-state index >= 15 is 0 Å². The summed E-state index contributed by atoms with van der Waals surface area (Å²) in [6.07, 6.45) is 1.77. The lowest BCUT2D eigenvalue weighted by Gasteiger charge is -2.06. The van der Waals surface area contributed by atoms with Crippen LogP contribution in [-0.4, -0.2) is 27.0 Å². The monoisotopic (exact) mass is 305 g/mol. The molecule has 21 heavy (non-hydrogen) atoms. The first kappa shape index (κ1) is 15.5. The standard InChI is InChI=1S/C14H19N5OS/c1-4-5-10-7-13(20)19-14(17-10)21-8-12-16-9(2)6-11(15-3)18-12/h6-7H,4-5,8H2,1-3H3,(H,15,16,18)(H,17,19,20). The first-order valence-electron chi connectivity index (χ1n) is 6.86. The largest absolute Gasteiger partial charge is 0.373 e. The summed E-state index contributed by atoms with van der Waals surface area (Å²) in [5.74, 6) is 2.07. The first-order chi connectivity index (χ1) is 10.1. The Morgan fingerprint density at radius 3 is 2.81 bits per heavy atom. The van der Waals surface area contributed by atoms with Crippen LogP contribution in [-0.2, 0) is 12.2 Å². The number of anilines is 1. The molecule has 2 aromatic heterocycles. The molecule has 2 N–H and O–H groups in total. The van der Waals surface area contributed by atoms with Crippen molar-refractivity contribution in [2.45, 2.75) is 37.6 Å². The van der Waals surface area contributed by atoms with E-state index in [9.17, 15) is 4.79 Å². The molecule has 0 amide bonds. The van der Waals surface area contributed by atoms with Gasteiger partial charge in [-0.05, 0) is 13.3 Å². The van der Waals surface area contributed by atoms with E-state index in [-0.39, 0.29) is 5.56 Å². The Morgan fingerprint density at radius 1 is 1.29 bits per heavy atom. The molecule has 0 aromatic carbocycles. The number of rotatable bonds is 6. The normalized spacial score (nSPS) is 10.6. The minimum Gasteiger partial charge on any atom is -0.373 e. The number of aromatic nitrogens is 4. The topological polar surface area (TPSA) is 83.6 Å². The third-order valence-corrected chi connectivity index (χ3v) is 3.64. The molecule has 0 bridgehead atoms. The molecule has 0 spiro atoms. The van der Waals surface area contributed by atoms with Crippen molar-refractivity contribution in [3.63, 3.8) is 0 Å². The van der Waals surface area contributed by atoms with E-state index in [0.29, 0.717) is 16.7 Å². The molecular formula is C14H19N5OS. The Morgan fingerprint density at radius 2 is 2.10 bits per heavy atom. The summed E-state index contributed by atoms with van der Waals surface area (Å²) >= 11 is 1.44. The summed E-state index contributed by atoms with van der Waals surface area (Å²) in [5.41, 5.74) is 1.62. The molecule has 6 nitrogen and oxygen atoms in total. The lowest BCUT2D eigenvalue weighted by molar-refractivity contribution is 0.815. The Hall–Kier alpha value is -1.89. The Labute approximate surface area is 127 Å². The molecule has 2 rings (SSSR count). The number of nitrogens with one attached hydrogen (secondary N) is 2. The highest BCUT2D eigenvalue weighted by molar-refractivity contribution is 7.98. The van der Waals surface area contributed by atoms with Crippen LogP contribution in [0.3, 0.4) is 0 Å². The van der Waals surface area contributed by atoms with Crippen molar-refractivity contribution in [3.8, 4) is 0 Å². The number of hydrogen-bond donors (Lipinski definition) is 2. The highest BCUT2D eigenvalue weighted by Crippen LogP contribution is 2.18. The summed E-state index contributed by atoms with van der Waals surface area (Å²) in [7, 11) is 1.83. The predicted molar refractivity (Wildman–Crippen MR) is 84.7 cm³/mol. The molecule has 0 atom stereocenters. The van der Waals surface area contributed by atoms with Crippen molar-refractivity contribution in [2.24, 2.45) is 0 Å². The van der Waals surface area contributed by atoms with Crippen LogP contribution in [0, 0.1) is 6.92 Å². The zero-order valence-corrected chi connectivity index (χ0v) is 13.3. The number of aromatic amines is 1. The van der Waals surface area contributed by atoms with Crippen molar-refractivity contribution in [1.82, 2.24) is 19.9 Å². The lowest BCUT2D eigenvalue weighted by atomic mass is 10.2. The Balaban J connectivity index is 2.12. The van der Waals surface area contributed by atoms with E-state index < -0.39 is 0 Å². The maximum atomic E-state index is 11.6. The molecule has 112 valence electrons. The summed E-state index contributed by atoms with van der Waals surface area (Å²) in [6, 6.07) is 3.44. The predicted octanol–water partition coefficient (Wildman–Crippen LogP) is 2.15. The molecular weight excluding hydrogens is 286 g/mol. The second-order valence-electron chi connectivity index (χ2n) is 4.64. The van der Waals surface area contributed by atoms with Gasteiger partial charge in [-0.15, -0.1) is 0 Å². The molecule has 0 aliphatic rings. The minimum absolute atomic E-state index is 0.114. The fourth-order valence-electron chi connectivity index (χ4n) is 1.89. The third-order valence-electron chi connectivity index (χ3n) is 2.77. The van der Waals surface area contributed by atoms with Crippen LogP contribution in [0.15, 0.2) is 22.1 Å². The van der Waals surface area contributed by atoms with Gasteiger partial charge < -0.3 is 10.3 Å². The highest BCUT2D eigenvalue weighted by atomic mass is 32.2. The maximum absolute atomic E-state index is 11.6. The van der Waals surface area contributed by atoms with Crippen molar-refractivity contribution in [3.05, 3.63) is 39.7 Å². The molecule has 0 saturated carbocycles. The number of nitrogens with zero attached hydrogens (tertiary/aromatic N) is 3. The maximum Gasteiger partial charge on any atom is 0.251 e. The molecule has 0 unspecified atom stereocenters. The summed E-state index contributed by atoms with van der Waals surface area (Å²) in [6.45, 7) is 3.99. The summed E-state index contributed by atoms with van der Waals surface area (Å²) in [4.78, 5) is 27.6. The molecule has 0 aliphatic heterocycles. The van der Waals surface area contributed by atoms with E-state index in [0.717, 1.165) is 30.0 Å². The smallest absolute Gasteiger partial charge is 0.251 e. The van der Waals surface area contributed by atoms with Gasteiger partial charge in [0.2, 0.25) is 0 Å². The van der Waals surface area contributed by atoms with Crippen LogP contribution in [0.4, 0.5) is 5.82 Å². The second kappa shape index (κ2) is 7.21. The number of hydrogen-bond acceptors (Lipinski definition) is 6. The summed E-state index contributed by atoms with van der Waals surface area (Å²) < 4.78 is 0. The van der Waals surface area contributed by atoms with Crippen molar-refractivity contribution in [1.29, 1.82) is 0 Å². The van der Waals surface area contributed by atoms with E-state index in [4.69, 9.17) is 0 Å². The average Bonchev–Trinajstić information content (AvgIpc) is 2.44. The van der Waals surface area contributed by atoms with E-state index in [1.807, 2.05) is 20.0 Å². The van der Waals surface area contributed by atoms with Crippen molar-refractivity contribution < 1.29 is 0 Å². The van der Waals surface area contributed by atoms with Crippen molar-refractivity contribution >= 4 is 17.6 Å². The van der Waals surface area contributed by atoms with Gasteiger partial charge >= 0.3 is 0 Å². The van der Waals surface area contributed by atoms with Crippen LogP contribution >= 0.6 is 11.8 Å². The van der Waals surface area contributed by atoms with Gasteiger partial charge in [0, 0.05) is 30.6 Å². The number of thioether (sulfide) groups is 1. The van der Waals surface area contributed by atoms with Gasteiger partial charge in [0.25, 0.3) is 5.56 Å². The van der Waals surface area contributed by atoms with Gasteiger partial charge in [0.15, 0.2) is 5.16 Å². The van der Waals surface area contributed by atoms with Gasteiger partial charge in [0.1, 0.15) is 11.6 Å². The molecule has 2 aromatic rings. The SMILES string of the molecule is CCCc1cc(=O)[nH]c(SCc2nc(C)cc(NC)n2)n1. The number of aryl methyl sites for hydroxylation is 2. The Kier molecular flexibility index (Phi) is 5.32. The fraction of sp³-hybridized carbons (Fsp3) is 0.429. The van der Waals surface area contributed by atoms with Gasteiger partial charge in [-0.1, -0.05) is 25.1 Å². The van der Waals surface area contributed by atoms with Gasteiger partial charge in [-0.2, -0.15) is 0 Å². The van der Waals surface area contributed by atoms with Crippen LogP contribution in [0.1, 0.15) is 30.6 Å². The average molecular weight is 305 g/mol. The van der Waals surface area contributed by atoms with Crippen LogP contribution in [0.25, 0.3) is 0 Å². The van der Waals surface area contributed by atoms with Crippen molar-refractivity contribution in [2.75, 3.05) is 12.4 Å². The fourth-order valence-corrected chi connectivity index (χ4v) is 2.64. The zero-order chi connectivity index (χ0) is 15.2. The molecule has 2 heterocycles. The quantitative estimate of drug-likeness (QED) is 0.628. The molecule has 0 fully saturated rings. The van der Waals surface area contributed by atoms with Crippen LogP contribution in [0.2, 0.25) is 0 Å². The molecule has 0 radical (unpaired) electrons. The van der Waals surface area contributed by atoms with Crippen LogP contribution in [0.5, 0.6) is 0 Å². The van der Waals surface area contributed by atoms with Crippen LogP contribution < -0.4 is 10.9 Å². The first-order valence-corrected chi connectivity index (χ1v) is 7.84.